The minimum atomic E-state index is -1.12. The van der Waals surface area contributed by atoms with Crippen LogP contribution in [0.15, 0.2) is 30.6 Å². The van der Waals surface area contributed by atoms with Gasteiger partial charge in [-0.05, 0) is 32.8 Å². The number of aliphatic hydroxyl groups is 1. The summed E-state index contributed by atoms with van der Waals surface area (Å²) in [6, 6.07) is 6.33. The molecule has 0 aliphatic heterocycles. The Balaban J connectivity index is 1.85. The zero-order chi connectivity index (χ0) is 17.0. The van der Waals surface area contributed by atoms with E-state index in [0.29, 0.717) is 18.4 Å². The van der Waals surface area contributed by atoms with Gasteiger partial charge in [0.05, 0.1) is 12.7 Å². The fourth-order valence-corrected chi connectivity index (χ4v) is 2.63. The first-order valence-electron chi connectivity index (χ1n) is 7.81. The maximum absolute atomic E-state index is 12.0. The van der Waals surface area contributed by atoms with Crippen LogP contribution in [-0.4, -0.2) is 27.3 Å². The maximum atomic E-state index is 12.0. The van der Waals surface area contributed by atoms with Crippen molar-refractivity contribution in [2.75, 3.05) is 6.54 Å². The van der Waals surface area contributed by atoms with Crippen molar-refractivity contribution in [2.45, 2.75) is 39.2 Å². The van der Waals surface area contributed by atoms with Crippen LogP contribution in [0.1, 0.15) is 35.6 Å². The summed E-state index contributed by atoms with van der Waals surface area (Å²) in [6.07, 6.45) is 4.47. The van der Waals surface area contributed by atoms with Gasteiger partial charge in [-0.1, -0.05) is 29.3 Å². The zero-order valence-electron chi connectivity index (χ0n) is 14.3. The second kappa shape index (κ2) is 6.96. The van der Waals surface area contributed by atoms with Gasteiger partial charge in [-0.3, -0.25) is 9.48 Å². The average Bonchev–Trinajstić information content (AvgIpc) is 2.89. The average molecular weight is 315 g/mol. The highest BCUT2D eigenvalue weighted by atomic mass is 16.3. The summed E-state index contributed by atoms with van der Waals surface area (Å²) in [7, 11) is 1.79. The van der Waals surface area contributed by atoms with Gasteiger partial charge in [0.25, 0.3) is 0 Å². The lowest BCUT2D eigenvalue weighted by Crippen LogP contribution is -2.38. The third-order valence-electron chi connectivity index (χ3n) is 3.88. The van der Waals surface area contributed by atoms with Crippen LogP contribution in [0.4, 0.5) is 0 Å². The van der Waals surface area contributed by atoms with E-state index < -0.39 is 5.60 Å². The van der Waals surface area contributed by atoms with E-state index in [4.69, 9.17) is 0 Å². The van der Waals surface area contributed by atoms with Gasteiger partial charge < -0.3 is 10.4 Å². The van der Waals surface area contributed by atoms with E-state index in [2.05, 4.69) is 42.5 Å². The van der Waals surface area contributed by atoms with Crippen molar-refractivity contribution in [3.05, 3.63) is 52.8 Å². The van der Waals surface area contributed by atoms with E-state index in [-0.39, 0.29) is 12.5 Å². The van der Waals surface area contributed by atoms with Crippen molar-refractivity contribution < 1.29 is 9.90 Å². The van der Waals surface area contributed by atoms with E-state index in [1.807, 2.05) is 0 Å². The van der Waals surface area contributed by atoms with E-state index in [9.17, 15) is 9.90 Å². The Kier molecular flexibility index (Phi) is 5.21. The molecule has 5 nitrogen and oxygen atoms in total. The molecule has 0 spiro atoms. The van der Waals surface area contributed by atoms with E-state index >= 15 is 0 Å². The van der Waals surface area contributed by atoms with Crippen LogP contribution < -0.4 is 5.32 Å². The molecule has 0 fully saturated rings. The predicted octanol–water partition coefficient (Wildman–Crippen LogP) is 1.99. The molecule has 0 bridgehead atoms. The number of carbonyl (C=O) groups is 1. The molecule has 0 saturated heterocycles. The molecule has 124 valence electrons. The van der Waals surface area contributed by atoms with Gasteiger partial charge in [0.2, 0.25) is 5.91 Å². The zero-order valence-corrected chi connectivity index (χ0v) is 14.3. The van der Waals surface area contributed by atoms with Crippen molar-refractivity contribution in [1.82, 2.24) is 15.1 Å². The third kappa shape index (κ3) is 4.93. The van der Waals surface area contributed by atoms with Crippen LogP contribution in [0.5, 0.6) is 0 Å². The summed E-state index contributed by atoms with van der Waals surface area (Å²) in [5, 5.41) is 17.3. The number of nitrogens with one attached hydrogen (secondary N) is 1. The summed E-state index contributed by atoms with van der Waals surface area (Å²) >= 11 is 0. The summed E-state index contributed by atoms with van der Waals surface area (Å²) in [4.78, 5) is 12.0. The van der Waals surface area contributed by atoms with Crippen LogP contribution >= 0.6 is 0 Å². The third-order valence-corrected chi connectivity index (χ3v) is 3.88. The van der Waals surface area contributed by atoms with Crippen molar-refractivity contribution in [2.24, 2.45) is 7.05 Å². The number of carbonyl (C=O) groups excluding carboxylic acids is 1. The molecule has 2 rings (SSSR count). The second-order valence-corrected chi connectivity index (χ2v) is 6.45. The van der Waals surface area contributed by atoms with Crippen molar-refractivity contribution in [3.63, 3.8) is 0 Å². The summed E-state index contributed by atoms with van der Waals surface area (Å²) in [5.41, 5.74) is 3.15. The summed E-state index contributed by atoms with van der Waals surface area (Å²) in [5.74, 6) is -0.0617. The topological polar surface area (TPSA) is 67.2 Å². The van der Waals surface area contributed by atoms with Gasteiger partial charge in [0.1, 0.15) is 5.60 Å². The van der Waals surface area contributed by atoms with Gasteiger partial charge in [-0.2, -0.15) is 5.10 Å². The first kappa shape index (κ1) is 17.2. The van der Waals surface area contributed by atoms with Gasteiger partial charge >= 0.3 is 0 Å². The molecule has 1 amide bonds. The molecule has 0 aliphatic carbocycles. The standard InChI is InChI=1S/C18H25N3O2/c1-13-7-14(2)9-15(8-13)5-6-17(22)19-12-18(3,23)16-10-20-21(4)11-16/h7-11,23H,5-6,12H2,1-4H3,(H,19,22). The number of hydrogen-bond donors (Lipinski definition) is 2. The maximum Gasteiger partial charge on any atom is 0.220 e. The number of hydrogen-bond acceptors (Lipinski definition) is 3. The van der Waals surface area contributed by atoms with Crippen LogP contribution in [0.3, 0.4) is 0 Å². The number of amides is 1. The molecular formula is C18H25N3O2. The van der Waals surface area contributed by atoms with E-state index in [0.717, 1.165) is 5.56 Å². The minimum Gasteiger partial charge on any atom is -0.383 e. The molecule has 1 aromatic carbocycles. The van der Waals surface area contributed by atoms with Gasteiger partial charge in [-0.25, -0.2) is 0 Å². The molecule has 1 aromatic heterocycles. The molecule has 2 N–H and O–H groups in total. The Hall–Kier alpha value is -2.14. The lowest BCUT2D eigenvalue weighted by Gasteiger charge is -2.22. The number of nitrogens with zero attached hydrogens (tertiary/aromatic N) is 2. The molecule has 0 radical (unpaired) electrons. The summed E-state index contributed by atoms with van der Waals surface area (Å²) < 4.78 is 1.63. The second-order valence-electron chi connectivity index (χ2n) is 6.45. The number of benzene rings is 1. The molecule has 1 unspecified atom stereocenters. The lowest BCUT2D eigenvalue weighted by atomic mass is 9.99. The van der Waals surface area contributed by atoms with Gasteiger partial charge in [-0.15, -0.1) is 0 Å². The number of aromatic nitrogens is 2. The quantitative estimate of drug-likeness (QED) is 0.857. The predicted molar refractivity (Wildman–Crippen MR) is 90.0 cm³/mol. The fourth-order valence-electron chi connectivity index (χ4n) is 2.63. The fraction of sp³-hybridized carbons (Fsp3) is 0.444. The largest absolute Gasteiger partial charge is 0.383 e. The van der Waals surface area contributed by atoms with Crippen LogP contribution in [0, 0.1) is 13.8 Å². The molecule has 1 atom stereocenters. The van der Waals surface area contributed by atoms with Crippen LogP contribution in [0.2, 0.25) is 0 Å². The summed E-state index contributed by atoms with van der Waals surface area (Å²) in [6.45, 7) is 5.96. The van der Waals surface area contributed by atoms with Crippen LogP contribution in [0.25, 0.3) is 0 Å². The van der Waals surface area contributed by atoms with Crippen LogP contribution in [-0.2, 0) is 23.9 Å². The first-order valence-corrected chi connectivity index (χ1v) is 7.81. The normalized spacial score (nSPS) is 13.6. The molecule has 1 heterocycles. The van der Waals surface area contributed by atoms with E-state index in [1.165, 1.54) is 11.1 Å². The smallest absolute Gasteiger partial charge is 0.220 e. The monoisotopic (exact) mass is 315 g/mol. The Morgan fingerprint density at radius 1 is 1.30 bits per heavy atom. The number of aryl methyl sites for hydroxylation is 4. The molecule has 0 saturated carbocycles. The Morgan fingerprint density at radius 2 is 1.96 bits per heavy atom. The SMILES string of the molecule is Cc1cc(C)cc(CCC(=O)NCC(C)(O)c2cnn(C)c2)c1. The lowest BCUT2D eigenvalue weighted by molar-refractivity contribution is -0.122. The Morgan fingerprint density at radius 3 is 2.52 bits per heavy atom. The molecule has 5 heteroatoms. The molecule has 0 aliphatic rings. The highest BCUT2D eigenvalue weighted by molar-refractivity contribution is 5.76. The first-order chi connectivity index (χ1) is 10.8. The van der Waals surface area contributed by atoms with Crippen molar-refractivity contribution in [3.8, 4) is 0 Å². The number of rotatable bonds is 6. The highest BCUT2D eigenvalue weighted by Crippen LogP contribution is 2.18. The Labute approximate surface area is 137 Å². The Bertz CT molecular complexity index is 669. The minimum absolute atomic E-state index is 0.0617. The molecule has 2 aromatic rings. The highest BCUT2D eigenvalue weighted by Gasteiger charge is 2.25. The van der Waals surface area contributed by atoms with E-state index in [1.54, 1.807) is 31.0 Å². The van der Waals surface area contributed by atoms with Crippen molar-refractivity contribution >= 4 is 5.91 Å². The molecule has 23 heavy (non-hydrogen) atoms. The van der Waals surface area contributed by atoms with Crippen molar-refractivity contribution in [1.29, 1.82) is 0 Å². The van der Waals surface area contributed by atoms with Gasteiger partial charge in [0.15, 0.2) is 0 Å². The molecular weight excluding hydrogens is 290 g/mol. The van der Waals surface area contributed by atoms with Gasteiger partial charge in [0, 0.05) is 25.2 Å².